The Morgan fingerprint density at radius 3 is 1.57 bits per heavy atom. The molecule has 4 aromatic heterocycles. The molecule has 7 rings (SSSR count). The molecule has 46 heavy (non-hydrogen) atoms. The molecule has 0 saturated carbocycles. The number of aliphatic hydroxyl groups excluding tert-OH is 2. The van der Waals surface area contributed by atoms with Gasteiger partial charge in [0.2, 0.25) is 11.9 Å². The summed E-state index contributed by atoms with van der Waals surface area (Å²) in [7, 11) is 0. The van der Waals surface area contributed by atoms with E-state index in [-0.39, 0.29) is 34.2 Å². The first kappa shape index (κ1) is 31.7. The number of fused-ring (bicyclic) bond motifs is 4. The van der Waals surface area contributed by atoms with Crippen LogP contribution in [0.3, 0.4) is 0 Å². The molecule has 0 bridgehead atoms. The molecular formula is C20H24N10O12P2S2. The van der Waals surface area contributed by atoms with E-state index in [1.165, 1.54) is 9.13 Å². The molecule has 10 atom stereocenters. The van der Waals surface area contributed by atoms with E-state index in [0.29, 0.717) is 0 Å². The molecule has 22 nitrogen and oxygen atoms in total. The summed E-state index contributed by atoms with van der Waals surface area (Å²) >= 11 is 8.07. The topological polar surface area (TPSA) is 309 Å². The maximum Gasteiger partial charge on any atom is 0.386 e. The molecule has 3 fully saturated rings. The standard InChI is InChI=1S/C20H24N10O12P2S2/c21-19-25-13-7(15(33)27-19)23-3-29(13)17-9(31)11-5(39-17)1-37-43(35,45)42-12-6(2-38-44(36,46)41-11)40-18(10(12)32)30-4-24-8-14(30)26-20(22)28-16(8)34/h3-6,9-12,17-18,31-32H,1-2H2,(H,35,45)(H,36,46)(H3,21,25,27,33)(H3,22,26,28,34)/t5-,6-,9-,10-,11-,12-,17-,18-,43-,44+/m1/s1. The van der Waals surface area contributed by atoms with E-state index in [4.69, 9.17) is 39.0 Å². The number of rotatable bonds is 2. The van der Waals surface area contributed by atoms with Crippen molar-refractivity contribution in [3.8, 4) is 0 Å². The van der Waals surface area contributed by atoms with Crippen molar-refractivity contribution in [1.29, 1.82) is 0 Å². The maximum atomic E-state index is 13.4. The summed E-state index contributed by atoms with van der Waals surface area (Å²) in [6, 6.07) is 0. The van der Waals surface area contributed by atoms with Crippen molar-refractivity contribution in [3.63, 3.8) is 0 Å². The molecule has 0 amide bonds. The van der Waals surface area contributed by atoms with Crippen LogP contribution < -0.4 is 22.6 Å². The molecule has 8 N–H and O–H groups in total. The van der Waals surface area contributed by atoms with Gasteiger partial charge in [0.25, 0.3) is 11.1 Å². The van der Waals surface area contributed by atoms with E-state index in [1.807, 2.05) is 0 Å². The summed E-state index contributed by atoms with van der Waals surface area (Å²) in [6.45, 7) is -9.96. The molecule has 0 aromatic carbocycles. The Hall–Kier alpha value is -2.86. The number of nitrogens with one attached hydrogen (secondary N) is 2. The minimum absolute atomic E-state index is 0.0429. The molecule has 3 aliphatic heterocycles. The number of ether oxygens (including phenoxy) is 2. The second-order valence-electron chi connectivity index (χ2n) is 10.3. The molecule has 0 aliphatic carbocycles. The first-order valence-corrected chi connectivity index (χ1v) is 18.5. The second kappa shape index (κ2) is 11.4. The Labute approximate surface area is 265 Å². The fourth-order valence-electron chi connectivity index (χ4n) is 5.39. The number of aromatic amines is 2. The largest absolute Gasteiger partial charge is 0.386 e. The Kier molecular flexibility index (Phi) is 7.85. The van der Waals surface area contributed by atoms with Gasteiger partial charge in [-0.25, -0.2) is 19.1 Å². The number of imidazole rings is 2. The van der Waals surface area contributed by atoms with E-state index in [0.717, 1.165) is 12.7 Å². The van der Waals surface area contributed by atoms with Gasteiger partial charge < -0.3 is 31.2 Å². The average molecular weight is 723 g/mol. The van der Waals surface area contributed by atoms with Crippen LogP contribution in [0.2, 0.25) is 0 Å². The van der Waals surface area contributed by atoms with E-state index in [1.54, 1.807) is 0 Å². The smallest absolute Gasteiger partial charge is 0.386 e. The molecule has 26 heteroatoms. The lowest BCUT2D eigenvalue weighted by Gasteiger charge is -2.28. The highest BCUT2D eigenvalue weighted by Gasteiger charge is 2.53. The molecule has 0 unspecified atom stereocenters. The zero-order valence-corrected chi connectivity index (χ0v) is 26.4. The predicted molar refractivity (Wildman–Crippen MR) is 160 cm³/mol. The summed E-state index contributed by atoms with van der Waals surface area (Å²) in [5.41, 5.74) is 9.74. The maximum absolute atomic E-state index is 13.4. The predicted octanol–water partition coefficient (Wildman–Crippen LogP) is -1.17. The van der Waals surface area contributed by atoms with E-state index in [9.17, 15) is 28.9 Å². The third-order valence-electron chi connectivity index (χ3n) is 7.38. The van der Waals surface area contributed by atoms with Gasteiger partial charge in [-0.05, 0) is 0 Å². The quantitative estimate of drug-likeness (QED) is 0.0892. The number of thiol groups is 2. The highest BCUT2D eigenvalue weighted by molar-refractivity contribution is 8.44. The van der Waals surface area contributed by atoms with Crippen LogP contribution >= 0.6 is 38.1 Å². The molecule has 7 heterocycles. The van der Waals surface area contributed by atoms with Gasteiger partial charge in [0.05, 0.1) is 25.9 Å². The van der Waals surface area contributed by atoms with Crippen molar-refractivity contribution < 1.29 is 46.9 Å². The molecule has 4 aromatic rings. The number of hydrogen-bond acceptors (Lipinski definition) is 18. The minimum atomic E-state index is -4.36. The van der Waals surface area contributed by atoms with Crippen molar-refractivity contribution >= 4 is 72.3 Å². The van der Waals surface area contributed by atoms with Crippen LogP contribution in [0.5, 0.6) is 0 Å². The highest BCUT2D eigenvalue weighted by atomic mass is 32.7. The van der Waals surface area contributed by atoms with E-state index >= 15 is 0 Å². The van der Waals surface area contributed by atoms with Gasteiger partial charge in [0.15, 0.2) is 34.8 Å². The average Bonchev–Trinajstić information content (AvgIpc) is 3.72. The second-order valence-corrected chi connectivity index (χ2v) is 16.1. The molecular weight excluding hydrogens is 698 g/mol. The van der Waals surface area contributed by atoms with Gasteiger partial charge in [0.1, 0.15) is 36.6 Å². The van der Waals surface area contributed by atoms with Crippen molar-refractivity contribution in [3.05, 3.63) is 33.4 Å². The number of nitrogens with two attached hydrogens (primary N) is 2. The normalized spacial score (nSPS) is 37.1. The number of nitrogen functional groups attached to an aromatic ring is 2. The first-order chi connectivity index (χ1) is 21.7. The van der Waals surface area contributed by atoms with Crippen LogP contribution in [0.15, 0.2) is 22.2 Å². The number of hydrogen-bond donors (Lipinski definition) is 8. The third-order valence-corrected chi connectivity index (χ3v) is 10.6. The van der Waals surface area contributed by atoms with Crippen molar-refractivity contribution in [2.75, 3.05) is 24.7 Å². The summed E-state index contributed by atoms with van der Waals surface area (Å²) in [6.07, 6.45) is -9.18. The lowest BCUT2D eigenvalue weighted by molar-refractivity contribution is -0.0561. The van der Waals surface area contributed by atoms with Crippen LogP contribution in [-0.4, -0.2) is 99.1 Å². The fourth-order valence-corrected chi connectivity index (χ4v) is 8.37. The summed E-state index contributed by atoms with van der Waals surface area (Å²) in [5.74, 6) is -0.460. The number of nitrogens with zero attached hydrogens (tertiary/aromatic N) is 6. The zero-order chi connectivity index (χ0) is 32.7. The Morgan fingerprint density at radius 1 is 0.783 bits per heavy atom. The van der Waals surface area contributed by atoms with E-state index < -0.39 is 87.0 Å². The van der Waals surface area contributed by atoms with E-state index in [2.05, 4.69) is 54.4 Å². The lowest BCUT2D eigenvalue weighted by Crippen LogP contribution is -2.38. The fraction of sp³-hybridized carbons (Fsp3) is 0.500. The SMILES string of the molecule is Nc1nc2c(ncn2[C@@H]2O[C@@H]3CO[P@@](=O)(S)O[C@H]4[C@@H](O)[C@H](n5cnc6c(=O)[nH]c(N)nc65)O[C@@H]4CO[P@](=O)(S)O[C@H]3[C@H]2O)c(=O)[nH]1. The van der Waals surface area contributed by atoms with Gasteiger partial charge in [0, 0.05) is 0 Å². The Morgan fingerprint density at radius 2 is 1.17 bits per heavy atom. The van der Waals surface area contributed by atoms with Crippen LogP contribution in [0, 0.1) is 0 Å². The van der Waals surface area contributed by atoms with Gasteiger partial charge in [-0.1, -0.05) is 24.5 Å². The number of aromatic nitrogens is 8. The minimum Gasteiger partial charge on any atom is -0.386 e. The summed E-state index contributed by atoms with van der Waals surface area (Å²) in [4.78, 5) is 45.2. The van der Waals surface area contributed by atoms with Crippen molar-refractivity contribution in [1.82, 2.24) is 39.0 Å². The monoisotopic (exact) mass is 722 g/mol. The van der Waals surface area contributed by atoms with Gasteiger partial charge in [-0.2, -0.15) is 9.97 Å². The third kappa shape index (κ3) is 5.56. The van der Waals surface area contributed by atoms with Gasteiger partial charge in [-0.3, -0.25) is 46.8 Å². The summed E-state index contributed by atoms with van der Waals surface area (Å²) < 4.78 is 63.2. The first-order valence-electron chi connectivity index (χ1n) is 13.1. The van der Waals surface area contributed by atoms with Crippen molar-refractivity contribution in [2.45, 2.75) is 49.1 Å². The Balaban J connectivity index is 1.18. The molecule has 0 radical (unpaired) electrons. The highest BCUT2D eigenvalue weighted by Crippen LogP contribution is 2.60. The number of anilines is 2. The van der Waals surface area contributed by atoms with Crippen LogP contribution in [0.4, 0.5) is 11.9 Å². The van der Waals surface area contributed by atoms with Crippen LogP contribution in [0.25, 0.3) is 22.3 Å². The van der Waals surface area contributed by atoms with Crippen LogP contribution in [0.1, 0.15) is 12.5 Å². The zero-order valence-electron chi connectivity index (χ0n) is 22.8. The molecule has 0 spiro atoms. The lowest BCUT2D eigenvalue weighted by atomic mass is 10.1. The van der Waals surface area contributed by atoms with Gasteiger partial charge >= 0.3 is 13.6 Å². The molecule has 3 saturated heterocycles. The molecule has 3 aliphatic rings. The molecule has 248 valence electrons. The van der Waals surface area contributed by atoms with Crippen molar-refractivity contribution in [2.24, 2.45) is 0 Å². The van der Waals surface area contributed by atoms with Gasteiger partial charge in [-0.15, -0.1) is 0 Å². The van der Waals surface area contributed by atoms with Crippen LogP contribution in [-0.2, 0) is 36.7 Å². The summed E-state index contributed by atoms with van der Waals surface area (Å²) in [5, 5.41) is 22.5. The number of H-pyrrole nitrogens is 2. The Bertz CT molecular complexity index is 1910. The number of aliphatic hydroxyl groups is 2.